The zero-order valence-corrected chi connectivity index (χ0v) is 8.30. The van der Waals surface area contributed by atoms with Crippen molar-refractivity contribution in [3.05, 3.63) is 34.4 Å². The third kappa shape index (κ3) is 2.31. The van der Waals surface area contributed by atoms with Crippen molar-refractivity contribution in [3.63, 3.8) is 0 Å². The van der Waals surface area contributed by atoms with E-state index in [9.17, 15) is 36.7 Å². The fraction of sp³-hybridized carbons (Fsp3) is 0. The number of rotatable bonds is 4. The normalized spacial score (nSPS) is 10.0. The van der Waals surface area contributed by atoms with E-state index in [0.717, 1.165) is 0 Å². The van der Waals surface area contributed by atoms with Gasteiger partial charge >= 0.3 is 24.1 Å². The van der Waals surface area contributed by atoms with Crippen molar-refractivity contribution >= 4 is 24.1 Å². The topological polar surface area (TPSA) is 68.3 Å². The highest BCUT2D eigenvalue weighted by Crippen LogP contribution is 2.23. The summed E-state index contributed by atoms with van der Waals surface area (Å²) in [6.07, 6.45) is 0. The quantitative estimate of drug-likeness (QED) is 0.615. The molecule has 0 aliphatic heterocycles. The molecule has 94 valence electrons. The molecule has 0 saturated heterocycles. The number of hydrogen-bond acceptors (Lipinski definition) is 4. The van der Waals surface area contributed by atoms with Crippen LogP contribution >= 0.6 is 0 Å². The molecule has 0 radical (unpaired) electrons. The summed E-state index contributed by atoms with van der Waals surface area (Å²) in [7, 11) is 0. The maximum atomic E-state index is 12.6. The van der Waals surface area contributed by atoms with Crippen LogP contribution in [0.5, 0.6) is 0 Å². The summed E-state index contributed by atoms with van der Waals surface area (Å²) >= 11 is 0. The number of carbonyl (C=O) groups excluding carboxylic acids is 4. The summed E-state index contributed by atoms with van der Waals surface area (Å²) in [5, 5.41) is 0. The Hall–Kier alpha value is -2.38. The molecule has 0 bridgehead atoms. The zero-order valence-electron chi connectivity index (χ0n) is 8.30. The van der Waals surface area contributed by atoms with Crippen LogP contribution in [-0.4, -0.2) is 24.1 Å². The van der Waals surface area contributed by atoms with Gasteiger partial charge in [0.1, 0.15) is 0 Å². The summed E-state index contributed by atoms with van der Waals surface area (Å²) in [5.74, 6) is 0. The molecule has 1 aromatic rings. The van der Waals surface area contributed by atoms with Crippen molar-refractivity contribution < 1.29 is 36.7 Å². The van der Waals surface area contributed by atoms with Gasteiger partial charge < -0.3 is 0 Å². The summed E-state index contributed by atoms with van der Waals surface area (Å²) < 4.78 is 50.1. The fourth-order valence-corrected chi connectivity index (χ4v) is 1.34. The Kier molecular flexibility index (Phi) is 3.70. The average Bonchev–Trinajstić information content (AvgIpc) is 2.26. The Morgan fingerprint density at radius 1 is 0.611 bits per heavy atom. The van der Waals surface area contributed by atoms with Gasteiger partial charge in [-0.15, -0.1) is 0 Å². The van der Waals surface area contributed by atoms with Crippen LogP contribution in [0.15, 0.2) is 12.1 Å². The molecule has 0 N–H and O–H groups in total. The van der Waals surface area contributed by atoms with E-state index in [0.29, 0.717) is 12.1 Å². The Balaban J connectivity index is 3.82. The lowest BCUT2D eigenvalue weighted by Gasteiger charge is -2.06. The van der Waals surface area contributed by atoms with Crippen LogP contribution in [-0.2, 0) is 0 Å². The smallest absolute Gasteiger partial charge is 0.255 e. The first-order valence-electron chi connectivity index (χ1n) is 4.23. The minimum Gasteiger partial charge on any atom is -0.255 e. The summed E-state index contributed by atoms with van der Waals surface area (Å²) in [6, 6.07) is -8.96. The predicted molar refractivity (Wildman–Crippen MR) is 48.2 cm³/mol. The van der Waals surface area contributed by atoms with E-state index in [-0.39, 0.29) is 0 Å². The Morgan fingerprint density at radius 3 is 1.06 bits per heavy atom. The number of benzene rings is 1. The molecule has 4 nitrogen and oxygen atoms in total. The lowest BCUT2D eigenvalue weighted by molar-refractivity contribution is 0.0768. The lowest BCUT2D eigenvalue weighted by Crippen LogP contribution is -2.14. The molecule has 1 rings (SSSR count). The standard InChI is InChI=1S/C10H2F4O4/c11-7(15)3-1-2-4(8(12)16)6(10(14)18)5(3)9(13)17/h1-2H. The van der Waals surface area contributed by atoms with E-state index < -0.39 is 46.4 Å². The van der Waals surface area contributed by atoms with Crippen molar-refractivity contribution in [2.24, 2.45) is 0 Å². The largest absolute Gasteiger partial charge is 0.333 e. The molecule has 1 aromatic carbocycles. The van der Waals surface area contributed by atoms with Crippen molar-refractivity contribution in [1.82, 2.24) is 0 Å². The Bertz CT molecular complexity index is 528. The molecule has 0 aliphatic carbocycles. The minimum absolute atomic E-state index is 0.397. The third-order valence-electron chi connectivity index (χ3n) is 2.02. The Labute approximate surface area is 96.2 Å². The SMILES string of the molecule is O=C(F)c1ccc(C(=O)F)c(C(=O)F)c1C(=O)F. The molecule has 0 aliphatic rings. The van der Waals surface area contributed by atoms with Gasteiger partial charge in [-0.1, -0.05) is 0 Å². The van der Waals surface area contributed by atoms with E-state index >= 15 is 0 Å². The predicted octanol–water partition coefficient (Wildman–Crippen LogP) is 2.13. The van der Waals surface area contributed by atoms with E-state index in [1.807, 2.05) is 0 Å². The van der Waals surface area contributed by atoms with Gasteiger partial charge in [-0.25, -0.2) is 0 Å². The molecule has 0 unspecified atom stereocenters. The lowest BCUT2D eigenvalue weighted by atomic mass is 9.97. The molecule has 0 fully saturated rings. The number of halogens is 4. The molecule has 0 atom stereocenters. The second-order valence-corrected chi connectivity index (χ2v) is 3.01. The van der Waals surface area contributed by atoms with Gasteiger partial charge in [0.15, 0.2) is 0 Å². The second-order valence-electron chi connectivity index (χ2n) is 3.01. The molecule has 0 spiro atoms. The van der Waals surface area contributed by atoms with E-state index in [4.69, 9.17) is 0 Å². The fourth-order valence-electron chi connectivity index (χ4n) is 1.34. The van der Waals surface area contributed by atoms with E-state index in [1.165, 1.54) is 0 Å². The van der Waals surface area contributed by atoms with Crippen molar-refractivity contribution in [2.45, 2.75) is 0 Å². The molecule has 8 heteroatoms. The van der Waals surface area contributed by atoms with Crippen molar-refractivity contribution in [3.8, 4) is 0 Å². The van der Waals surface area contributed by atoms with Crippen LogP contribution in [0.3, 0.4) is 0 Å². The highest BCUT2D eigenvalue weighted by atomic mass is 19.1. The second kappa shape index (κ2) is 4.86. The molecule has 0 aromatic heterocycles. The van der Waals surface area contributed by atoms with Gasteiger partial charge in [0.25, 0.3) is 0 Å². The van der Waals surface area contributed by atoms with Crippen LogP contribution < -0.4 is 0 Å². The van der Waals surface area contributed by atoms with Gasteiger partial charge in [0, 0.05) is 0 Å². The van der Waals surface area contributed by atoms with Crippen LogP contribution in [0.4, 0.5) is 17.6 Å². The van der Waals surface area contributed by atoms with Crippen LogP contribution in [0.25, 0.3) is 0 Å². The molecular weight excluding hydrogens is 260 g/mol. The van der Waals surface area contributed by atoms with E-state index in [1.54, 1.807) is 0 Å². The van der Waals surface area contributed by atoms with Gasteiger partial charge in [-0.2, -0.15) is 17.6 Å². The summed E-state index contributed by atoms with van der Waals surface area (Å²) in [6.45, 7) is 0. The van der Waals surface area contributed by atoms with E-state index in [2.05, 4.69) is 0 Å². The minimum atomic E-state index is -2.54. The third-order valence-corrected chi connectivity index (χ3v) is 2.02. The first-order valence-corrected chi connectivity index (χ1v) is 4.23. The van der Waals surface area contributed by atoms with Gasteiger partial charge in [-0.3, -0.25) is 19.2 Å². The maximum Gasteiger partial charge on any atom is 0.333 e. The first-order chi connectivity index (χ1) is 8.27. The summed E-state index contributed by atoms with van der Waals surface area (Å²) in [4.78, 5) is 41.9. The van der Waals surface area contributed by atoms with Crippen LogP contribution in [0.2, 0.25) is 0 Å². The maximum absolute atomic E-state index is 12.6. The molecular formula is C10H2F4O4. The van der Waals surface area contributed by atoms with Crippen LogP contribution in [0, 0.1) is 0 Å². The molecule has 0 saturated carbocycles. The molecule has 0 heterocycles. The zero-order chi connectivity index (χ0) is 14.0. The van der Waals surface area contributed by atoms with Crippen molar-refractivity contribution in [1.29, 1.82) is 0 Å². The first kappa shape index (κ1) is 13.7. The highest BCUT2D eigenvalue weighted by molar-refractivity contribution is 6.14. The van der Waals surface area contributed by atoms with Gasteiger partial charge in [0.2, 0.25) is 0 Å². The molecule has 18 heavy (non-hydrogen) atoms. The molecule has 0 amide bonds. The van der Waals surface area contributed by atoms with Gasteiger partial charge in [-0.05, 0) is 12.1 Å². The average molecular weight is 262 g/mol. The highest BCUT2D eigenvalue weighted by Gasteiger charge is 2.29. The number of carbonyl (C=O) groups is 4. The van der Waals surface area contributed by atoms with Gasteiger partial charge in [0.05, 0.1) is 22.3 Å². The number of hydrogen-bond donors (Lipinski definition) is 0. The summed E-state index contributed by atoms with van der Waals surface area (Å²) in [5.41, 5.74) is -5.76. The Morgan fingerprint density at radius 2 is 0.889 bits per heavy atom. The van der Waals surface area contributed by atoms with Crippen molar-refractivity contribution in [2.75, 3.05) is 0 Å². The monoisotopic (exact) mass is 262 g/mol. The van der Waals surface area contributed by atoms with Crippen LogP contribution in [0.1, 0.15) is 41.4 Å².